The first-order chi connectivity index (χ1) is 8.66. The molecule has 2 rings (SSSR count). The van der Waals surface area contributed by atoms with Crippen LogP contribution in [0.3, 0.4) is 0 Å². The highest BCUT2D eigenvalue weighted by molar-refractivity contribution is 5.71. The number of nitro groups is 1. The lowest BCUT2D eigenvalue weighted by atomic mass is 10.1. The van der Waals surface area contributed by atoms with Gasteiger partial charge in [-0.05, 0) is 29.7 Å². The van der Waals surface area contributed by atoms with Crippen LogP contribution in [0.4, 0.5) is 5.69 Å². The van der Waals surface area contributed by atoms with Crippen LogP contribution in [-0.4, -0.2) is 4.92 Å². The largest absolute Gasteiger partial charge is 0.269 e. The molecule has 2 aromatic rings. The van der Waals surface area contributed by atoms with E-state index >= 15 is 0 Å². The van der Waals surface area contributed by atoms with Gasteiger partial charge in [0.15, 0.2) is 0 Å². The van der Waals surface area contributed by atoms with E-state index in [1.165, 1.54) is 6.07 Å². The Morgan fingerprint density at radius 3 is 2.39 bits per heavy atom. The number of rotatable bonds is 3. The molecule has 3 heteroatoms. The Bertz CT molecular complexity index is 589. The van der Waals surface area contributed by atoms with Gasteiger partial charge in [0.2, 0.25) is 0 Å². The van der Waals surface area contributed by atoms with Crippen molar-refractivity contribution >= 4 is 17.8 Å². The van der Waals surface area contributed by atoms with E-state index in [1.807, 2.05) is 49.4 Å². The van der Waals surface area contributed by atoms with Gasteiger partial charge in [-0.15, -0.1) is 0 Å². The van der Waals surface area contributed by atoms with Crippen molar-refractivity contribution < 1.29 is 4.92 Å². The summed E-state index contributed by atoms with van der Waals surface area (Å²) in [6.45, 7) is 1.87. The van der Waals surface area contributed by atoms with Crippen LogP contribution in [0.1, 0.15) is 16.7 Å². The number of hydrogen-bond donors (Lipinski definition) is 0. The van der Waals surface area contributed by atoms with Gasteiger partial charge in [-0.25, -0.2) is 0 Å². The summed E-state index contributed by atoms with van der Waals surface area (Å²) >= 11 is 0. The Hall–Kier alpha value is -2.42. The Labute approximate surface area is 106 Å². The van der Waals surface area contributed by atoms with E-state index in [4.69, 9.17) is 0 Å². The first kappa shape index (κ1) is 12.0. The third kappa shape index (κ3) is 2.83. The van der Waals surface area contributed by atoms with Gasteiger partial charge >= 0.3 is 0 Å². The summed E-state index contributed by atoms with van der Waals surface area (Å²) < 4.78 is 0. The molecule has 0 saturated carbocycles. The van der Waals surface area contributed by atoms with Gasteiger partial charge in [-0.1, -0.05) is 42.5 Å². The maximum atomic E-state index is 10.6. The Morgan fingerprint density at radius 2 is 1.78 bits per heavy atom. The lowest BCUT2D eigenvalue weighted by Gasteiger charge is -2.00. The fraction of sp³-hybridized carbons (Fsp3) is 0.0667. The molecule has 3 nitrogen and oxygen atoms in total. The summed E-state index contributed by atoms with van der Waals surface area (Å²) in [5.74, 6) is 0. The number of aryl methyl sites for hydroxylation is 1. The molecule has 90 valence electrons. The van der Waals surface area contributed by atoms with Gasteiger partial charge in [0.25, 0.3) is 5.69 Å². The van der Waals surface area contributed by atoms with E-state index in [0.29, 0.717) is 0 Å². The van der Waals surface area contributed by atoms with E-state index in [0.717, 1.165) is 16.7 Å². The predicted molar refractivity (Wildman–Crippen MR) is 73.2 cm³/mol. The highest BCUT2D eigenvalue weighted by Gasteiger charge is 2.05. The van der Waals surface area contributed by atoms with Crippen molar-refractivity contribution in [2.24, 2.45) is 0 Å². The van der Waals surface area contributed by atoms with Gasteiger partial charge in [-0.2, -0.15) is 0 Å². The van der Waals surface area contributed by atoms with Crippen molar-refractivity contribution in [2.45, 2.75) is 6.92 Å². The molecule has 0 saturated heterocycles. The smallest absolute Gasteiger partial charge is 0.258 e. The molecule has 0 radical (unpaired) electrons. The van der Waals surface area contributed by atoms with Gasteiger partial charge in [0.1, 0.15) is 0 Å². The lowest BCUT2D eigenvalue weighted by molar-refractivity contribution is -0.384. The molecule has 2 aromatic carbocycles. The third-order valence-electron chi connectivity index (χ3n) is 2.72. The molecule has 0 spiro atoms. The zero-order valence-electron chi connectivity index (χ0n) is 10.0. The van der Waals surface area contributed by atoms with Crippen LogP contribution >= 0.6 is 0 Å². The van der Waals surface area contributed by atoms with Crippen LogP contribution in [0, 0.1) is 17.0 Å². The Kier molecular flexibility index (Phi) is 3.53. The summed E-state index contributed by atoms with van der Waals surface area (Å²) in [4.78, 5) is 10.3. The summed E-state index contributed by atoms with van der Waals surface area (Å²) in [5, 5.41) is 10.6. The zero-order valence-corrected chi connectivity index (χ0v) is 10.0. The number of nitro benzene ring substituents is 1. The van der Waals surface area contributed by atoms with Crippen LogP contribution in [0.25, 0.3) is 12.2 Å². The molecule has 0 aliphatic rings. The van der Waals surface area contributed by atoms with Gasteiger partial charge in [0, 0.05) is 12.1 Å². The summed E-state index contributed by atoms with van der Waals surface area (Å²) in [6, 6.07) is 14.8. The number of nitrogens with zero attached hydrogens (tertiary/aromatic N) is 1. The minimum atomic E-state index is -0.377. The second kappa shape index (κ2) is 5.27. The number of benzene rings is 2. The van der Waals surface area contributed by atoms with Crippen LogP contribution in [0.2, 0.25) is 0 Å². The van der Waals surface area contributed by atoms with E-state index in [9.17, 15) is 10.1 Å². The average Bonchev–Trinajstić information content (AvgIpc) is 2.38. The molecule has 0 N–H and O–H groups in total. The second-order valence-electron chi connectivity index (χ2n) is 4.04. The molecule has 0 aromatic heterocycles. The van der Waals surface area contributed by atoms with Crippen molar-refractivity contribution in [1.29, 1.82) is 0 Å². The fourth-order valence-electron chi connectivity index (χ4n) is 1.71. The molecule has 0 aliphatic carbocycles. The van der Waals surface area contributed by atoms with Crippen molar-refractivity contribution in [3.8, 4) is 0 Å². The van der Waals surface area contributed by atoms with Crippen LogP contribution in [0.5, 0.6) is 0 Å². The van der Waals surface area contributed by atoms with Gasteiger partial charge < -0.3 is 0 Å². The quantitative estimate of drug-likeness (QED) is 0.460. The Balaban J connectivity index is 2.25. The number of hydrogen-bond acceptors (Lipinski definition) is 2. The van der Waals surface area contributed by atoms with E-state index in [1.54, 1.807) is 12.1 Å². The van der Waals surface area contributed by atoms with Crippen molar-refractivity contribution in [3.05, 3.63) is 75.3 Å². The van der Waals surface area contributed by atoms with Gasteiger partial charge in [0.05, 0.1) is 4.92 Å². The Morgan fingerprint density at radius 1 is 1.06 bits per heavy atom. The highest BCUT2D eigenvalue weighted by Crippen LogP contribution is 2.19. The first-order valence-electron chi connectivity index (χ1n) is 5.65. The average molecular weight is 239 g/mol. The predicted octanol–water partition coefficient (Wildman–Crippen LogP) is 4.07. The van der Waals surface area contributed by atoms with Crippen LogP contribution in [-0.2, 0) is 0 Å². The molecule has 0 fully saturated rings. The maximum Gasteiger partial charge on any atom is 0.269 e. The third-order valence-corrected chi connectivity index (χ3v) is 2.72. The standard InChI is InChI=1S/C15H13NO2/c1-12-11-15(16(17)18)10-9-14(12)8-7-13-5-3-2-4-6-13/h2-11H,1H3/b8-7+. The SMILES string of the molecule is Cc1cc([N+](=O)[O-])ccc1/C=C/c1ccccc1. The molecular weight excluding hydrogens is 226 g/mol. The van der Waals surface area contributed by atoms with Crippen molar-refractivity contribution in [1.82, 2.24) is 0 Å². The summed E-state index contributed by atoms with van der Waals surface area (Å²) in [6.07, 6.45) is 3.96. The molecule has 0 amide bonds. The molecule has 0 aliphatic heterocycles. The lowest BCUT2D eigenvalue weighted by Crippen LogP contribution is -1.89. The maximum absolute atomic E-state index is 10.6. The monoisotopic (exact) mass is 239 g/mol. The normalized spacial score (nSPS) is 10.7. The van der Waals surface area contributed by atoms with Gasteiger partial charge in [-0.3, -0.25) is 10.1 Å². The summed E-state index contributed by atoms with van der Waals surface area (Å²) in [7, 11) is 0. The molecule has 18 heavy (non-hydrogen) atoms. The number of non-ortho nitro benzene ring substituents is 1. The highest BCUT2D eigenvalue weighted by atomic mass is 16.6. The molecule has 0 unspecified atom stereocenters. The molecular formula is C15H13NO2. The fourth-order valence-corrected chi connectivity index (χ4v) is 1.71. The molecule has 0 atom stereocenters. The second-order valence-corrected chi connectivity index (χ2v) is 4.04. The van der Waals surface area contributed by atoms with Crippen LogP contribution < -0.4 is 0 Å². The minimum absolute atomic E-state index is 0.129. The van der Waals surface area contributed by atoms with Crippen molar-refractivity contribution in [2.75, 3.05) is 0 Å². The molecule has 0 heterocycles. The zero-order chi connectivity index (χ0) is 13.0. The van der Waals surface area contributed by atoms with E-state index in [-0.39, 0.29) is 10.6 Å². The van der Waals surface area contributed by atoms with Crippen molar-refractivity contribution in [3.63, 3.8) is 0 Å². The van der Waals surface area contributed by atoms with Crippen LogP contribution in [0.15, 0.2) is 48.5 Å². The molecule has 0 bridgehead atoms. The summed E-state index contributed by atoms with van der Waals surface area (Å²) in [5.41, 5.74) is 3.13. The van der Waals surface area contributed by atoms with E-state index < -0.39 is 0 Å². The van der Waals surface area contributed by atoms with E-state index in [2.05, 4.69) is 0 Å². The minimum Gasteiger partial charge on any atom is -0.258 e. The first-order valence-corrected chi connectivity index (χ1v) is 5.65. The topological polar surface area (TPSA) is 43.1 Å².